The molecule has 1 saturated heterocycles. The van der Waals surface area contributed by atoms with E-state index in [4.69, 9.17) is 0 Å². The molecule has 1 aliphatic heterocycles. The number of nitro benzene ring substituents is 1. The summed E-state index contributed by atoms with van der Waals surface area (Å²) in [7, 11) is -3.89. The Kier molecular flexibility index (Phi) is 6.49. The molecule has 31 heavy (non-hydrogen) atoms. The minimum Gasteiger partial charge on any atom is -0.372 e. The van der Waals surface area contributed by atoms with Crippen LogP contribution in [0.25, 0.3) is 0 Å². The van der Waals surface area contributed by atoms with Crippen LogP contribution in [0.1, 0.15) is 25.3 Å². The Morgan fingerprint density at radius 2 is 1.77 bits per heavy atom. The monoisotopic (exact) mass is 446 g/mol. The molecule has 0 bridgehead atoms. The van der Waals surface area contributed by atoms with E-state index in [-0.39, 0.29) is 11.4 Å². The number of nitrogens with zero attached hydrogens (tertiary/aromatic N) is 3. The van der Waals surface area contributed by atoms with Crippen molar-refractivity contribution in [1.82, 2.24) is 0 Å². The lowest BCUT2D eigenvalue weighted by Gasteiger charge is -2.29. The molecule has 3 rings (SSSR count). The largest absolute Gasteiger partial charge is 0.372 e. The van der Waals surface area contributed by atoms with Crippen LogP contribution in [0.3, 0.4) is 0 Å². The van der Waals surface area contributed by atoms with Crippen molar-refractivity contribution in [2.45, 2.75) is 32.7 Å². The molecule has 1 fully saturated rings. The number of non-ortho nitro benzene ring substituents is 1. The molecule has 10 heteroatoms. The maximum atomic E-state index is 12.9. The van der Waals surface area contributed by atoms with Gasteiger partial charge in [0.2, 0.25) is 15.9 Å². The summed E-state index contributed by atoms with van der Waals surface area (Å²) in [4.78, 5) is 25.7. The first-order chi connectivity index (χ1) is 14.6. The number of nitrogens with one attached hydrogen (secondary N) is 1. The predicted octanol–water partition coefficient (Wildman–Crippen LogP) is 3.30. The fraction of sp³-hybridized carbons (Fsp3) is 0.381. The van der Waals surface area contributed by atoms with Gasteiger partial charge in [0.05, 0.1) is 16.9 Å². The molecule has 1 heterocycles. The van der Waals surface area contributed by atoms with Gasteiger partial charge in [-0.2, -0.15) is 0 Å². The molecule has 2 aromatic carbocycles. The van der Waals surface area contributed by atoms with Crippen LogP contribution < -0.4 is 14.5 Å². The van der Waals surface area contributed by atoms with E-state index in [1.165, 1.54) is 25.1 Å². The fourth-order valence-electron chi connectivity index (χ4n) is 3.71. The van der Waals surface area contributed by atoms with Crippen LogP contribution in [0.5, 0.6) is 0 Å². The molecule has 0 radical (unpaired) electrons. The second kappa shape index (κ2) is 8.93. The van der Waals surface area contributed by atoms with Gasteiger partial charge in [-0.05, 0) is 56.5 Å². The van der Waals surface area contributed by atoms with Gasteiger partial charge in [0, 0.05) is 36.6 Å². The van der Waals surface area contributed by atoms with E-state index in [2.05, 4.69) is 10.2 Å². The van der Waals surface area contributed by atoms with Crippen molar-refractivity contribution in [2.24, 2.45) is 0 Å². The smallest absolute Gasteiger partial charge is 0.271 e. The summed E-state index contributed by atoms with van der Waals surface area (Å²) in [6.07, 6.45) is 3.29. The summed E-state index contributed by atoms with van der Waals surface area (Å²) in [6, 6.07) is 10.2. The standard InChI is InChI=1S/C21H26N4O5S/c1-15-6-9-19(25(27)28)14-20(15)24(31(3,29)30)16(2)21(26)22-17-7-10-18(11-8-17)23-12-4-5-13-23/h6-11,14,16H,4-5,12-13H2,1-3H3,(H,22,26)/t16-/m1/s1. The van der Waals surface area contributed by atoms with Crippen molar-refractivity contribution in [3.05, 3.63) is 58.1 Å². The average molecular weight is 447 g/mol. The second-order valence-electron chi connectivity index (χ2n) is 7.69. The molecule has 0 aromatic heterocycles. The Hall–Kier alpha value is -3.14. The minimum absolute atomic E-state index is 0.101. The molecule has 2 aromatic rings. The van der Waals surface area contributed by atoms with Gasteiger partial charge >= 0.3 is 0 Å². The van der Waals surface area contributed by atoms with Crippen LogP contribution >= 0.6 is 0 Å². The lowest BCUT2D eigenvalue weighted by Crippen LogP contribution is -2.45. The Bertz CT molecular complexity index is 1080. The third-order valence-electron chi connectivity index (χ3n) is 5.34. The highest BCUT2D eigenvalue weighted by atomic mass is 32.2. The number of carbonyl (C=O) groups excluding carboxylic acids is 1. The summed E-state index contributed by atoms with van der Waals surface area (Å²) in [5.41, 5.74) is 1.98. The number of hydrogen-bond donors (Lipinski definition) is 1. The molecule has 0 unspecified atom stereocenters. The zero-order valence-electron chi connectivity index (χ0n) is 17.7. The van der Waals surface area contributed by atoms with E-state index in [1.807, 2.05) is 12.1 Å². The summed E-state index contributed by atoms with van der Waals surface area (Å²) < 4.78 is 26.0. The van der Waals surface area contributed by atoms with E-state index >= 15 is 0 Å². The molecule has 1 N–H and O–H groups in total. The molecule has 0 spiro atoms. The summed E-state index contributed by atoms with van der Waals surface area (Å²) in [5, 5.41) is 13.9. The highest BCUT2D eigenvalue weighted by molar-refractivity contribution is 7.92. The van der Waals surface area contributed by atoms with E-state index in [1.54, 1.807) is 19.1 Å². The van der Waals surface area contributed by atoms with Crippen molar-refractivity contribution in [3.8, 4) is 0 Å². The molecule has 166 valence electrons. The average Bonchev–Trinajstić information content (AvgIpc) is 3.23. The molecular formula is C21H26N4O5S. The van der Waals surface area contributed by atoms with E-state index < -0.39 is 26.9 Å². The number of nitro groups is 1. The first-order valence-corrected chi connectivity index (χ1v) is 11.8. The molecule has 1 atom stereocenters. The summed E-state index contributed by atoms with van der Waals surface area (Å²) >= 11 is 0. The number of aryl methyl sites for hydroxylation is 1. The van der Waals surface area contributed by atoms with Crippen LogP contribution in [0, 0.1) is 17.0 Å². The predicted molar refractivity (Wildman–Crippen MR) is 121 cm³/mol. The quantitative estimate of drug-likeness (QED) is 0.516. The summed E-state index contributed by atoms with van der Waals surface area (Å²) in [5.74, 6) is -0.537. The van der Waals surface area contributed by atoms with Crippen LogP contribution in [0.15, 0.2) is 42.5 Å². The van der Waals surface area contributed by atoms with Gasteiger partial charge in [-0.3, -0.25) is 19.2 Å². The van der Waals surface area contributed by atoms with Crippen molar-refractivity contribution in [2.75, 3.05) is 33.9 Å². The van der Waals surface area contributed by atoms with Gasteiger partial charge in [0.25, 0.3) is 5.69 Å². The third-order valence-corrected chi connectivity index (χ3v) is 6.56. The zero-order chi connectivity index (χ0) is 22.8. The Morgan fingerprint density at radius 1 is 1.16 bits per heavy atom. The lowest BCUT2D eigenvalue weighted by atomic mass is 10.1. The highest BCUT2D eigenvalue weighted by Gasteiger charge is 2.31. The number of hydrogen-bond acceptors (Lipinski definition) is 6. The number of anilines is 3. The lowest BCUT2D eigenvalue weighted by molar-refractivity contribution is -0.384. The second-order valence-corrected chi connectivity index (χ2v) is 9.55. The van der Waals surface area contributed by atoms with Gasteiger partial charge in [0.15, 0.2) is 0 Å². The maximum absolute atomic E-state index is 12.9. The number of benzene rings is 2. The van der Waals surface area contributed by atoms with Crippen LogP contribution in [-0.2, 0) is 14.8 Å². The molecule has 0 aliphatic carbocycles. The molecule has 1 amide bonds. The number of rotatable bonds is 7. The van der Waals surface area contributed by atoms with E-state index in [0.717, 1.165) is 42.2 Å². The number of sulfonamides is 1. The van der Waals surface area contributed by atoms with Crippen LogP contribution in [0.2, 0.25) is 0 Å². The van der Waals surface area contributed by atoms with Crippen molar-refractivity contribution in [3.63, 3.8) is 0 Å². The van der Waals surface area contributed by atoms with Crippen LogP contribution in [0.4, 0.5) is 22.7 Å². The summed E-state index contributed by atoms with van der Waals surface area (Å²) in [6.45, 7) is 5.11. The van der Waals surface area contributed by atoms with Crippen molar-refractivity contribution < 1.29 is 18.1 Å². The van der Waals surface area contributed by atoms with Gasteiger partial charge < -0.3 is 10.2 Å². The molecule has 1 aliphatic rings. The SMILES string of the molecule is Cc1ccc([N+](=O)[O-])cc1N([C@H](C)C(=O)Nc1ccc(N2CCCC2)cc1)S(C)(=O)=O. The molecule has 9 nitrogen and oxygen atoms in total. The molecular weight excluding hydrogens is 420 g/mol. The minimum atomic E-state index is -3.89. The number of amides is 1. The molecule has 0 saturated carbocycles. The normalized spacial score (nSPS) is 14.9. The fourth-order valence-corrected chi connectivity index (χ4v) is 4.93. The first kappa shape index (κ1) is 22.5. The number of carbonyl (C=O) groups is 1. The van der Waals surface area contributed by atoms with Crippen LogP contribution in [-0.4, -0.2) is 44.6 Å². The highest BCUT2D eigenvalue weighted by Crippen LogP contribution is 2.30. The Labute approximate surface area is 181 Å². The van der Waals surface area contributed by atoms with Crippen molar-refractivity contribution >= 4 is 38.7 Å². The Morgan fingerprint density at radius 3 is 2.32 bits per heavy atom. The van der Waals surface area contributed by atoms with Gasteiger partial charge in [-0.15, -0.1) is 0 Å². The first-order valence-electron chi connectivity index (χ1n) is 9.98. The third kappa shape index (κ3) is 5.13. The topological polar surface area (TPSA) is 113 Å². The van der Waals surface area contributed by atoms with Gasteiger partial charge in [0.1, 0.15) is 6.04 Å². The van der Waals surface area contributed by atoms with Gasteiger partial charge in [-0.1, -0.05) is 6.07 Å². The van der Waals surface area contributed by atoms with Gasteiger partial charge in [-0.25, -0.2) is 8.42 Å². The van der Waals surface area contributed by atoms with Crippen molar-refractivity contribution in [1.29, 1.82) is 0 Å². The van der Waals surface area contributed by atoms with E-state index in [0.29, 0.717) is 11.3 Å². The zero-order valence-corrected chi connectivity index (χ0v) is 18.6. The Balaban J connectivity index is 1.84. The maximum Gasteiger partial charge on any atom is 0.271 e. The van der Waals surface area contributed by atoms with E-state index in [9.17, 15) is 23.3 Å².